The van der Waals surface area contributed by atoms with E-state index in [1.807, 2.05) is 34.6 Å². The molecular weight excluding hydrogens is 296 g/mol. The molecule has 1 rings (SSSR count). The minimum absolute atomic E-state index is 0.0893. The number of amides is 2. The molecule has 1 N–H and O–H groups in total. The van der Waals surface area contributed by atoms with E-state index < -0.39 is 11.1 Å². The van der Waals surface area contributed by atoms with Crippen molar-refractivity contribution >= 4 is 23.6 Å². The Morgan fingerprint density at radius 1 is 1.43 bits per heavy atom. The summed E-state index contributed by atoms with van der Waals surface area (Å²) in [5.41, 5.74) is -0.997. The Labute approximate surface area is 131 Å². The summed E-state index contributed by atoms with van der Waals surface area (Å²) in [5, 5.41) is 2.66. The largest absolute Gasteiger partial charge is 0.444 e. The van der Waals surface area contributed by atoms with Crippen molar-refractivity contribution in [1.29, 1.82) is 0 Å². The van der Waals surface area contributed by atoms with Crippen LogP contribution in [0.1, 0.15) is 34.6 Å². The maximum Gasteiger partial charge on any atom is 0.410 e. The van der Waals surface area contributed by atoms with Crippen molar-refractivity contribution in [3.8, 4) is 0 Å². The molecule has 0 saturated carbocycles. The Morgan fingerprint density at radius 3 is 2.57 bits per heavy atom. The van der Waals surface area contributed by atoms with Crippen molar-refractivity contribution in [2.24, 2.45) is 0 Å². The number of rotatable bonds is 3. The van der Waals surface area contributed by atoms with Gasteiger partial charge in [0.05, 0.1) is 24.8 Å². The number of nitrogens with one attached hydrogen (secondary N) is 1. The molecule has 0 aromatic heterocycles. The molecule has 1 aliphatic rings. The molecule has 0 aromatic carbocycles. The maximum absolute atomic E-state index is 12.3. The number of halogens is 1. The molecule has 0 aliphatic carbocycles. The van der Waals surface area contributed by atoms with Crippen LogP contribution >= 0.6 is 11.6 Å². The van der Waals surface area contributed by atoms with Crippen LogP contribution in [0.25, 0.3) is 0 Å². The van der Waals surface area contributed by atoms with Gasteiger partial charge in [-0.2, -0.15) is 0 Å². The van der Waals surface area contributed by atoms with E-state index in [-0.39, 0.29) is 24.0 Å². The van der Waals surface area contributed by atoms with Gasteiger partial charge in [0.25, 0.3) is 0 Å². The van der Waals surface area contributed by atoms with Crippen LogP contribution in [0.4, 0.5) is 4.79 Å². The number of ether oxygens (including phenoxy) is 2. The Bertz CT molecular complexity index is 393. The summed E-state index contributed by atoms with van der Waals surface area (Å²) in [6.07, 6.45) is -0.637. The summed E-state index contributed by atoms with van der Waals surface area (Å²) in [7, 11) is 0. The number of carbonyl (C=O) groups is 2. The fraction of sp³-hybridized carbons (Fsp3) is 0.857. The number of hydrogen-bond donors (Lipinski definition) is 1. The van der Waals surface area contributed by atoms with Crippen LogP contribution in [-0.2, 0) is 14.3 Å². The number of nitrogens with zero attached hydrogens (tertiary/aromatic N) is 1. The third kappa shape index (κ3) is 5.71. The zero-order chi connectivity index (χ0) is 16.3. The minimum atomic E-state index is -0.548. The fourth-order valence-corrected chi connectivity index (χ4v) is 2.03. The molecule has 1 fully saturated rings. The van der Waals surface area contributed by atoms with E-state index in [4.69, 9.17) is 21.1 Å². The lowest BCUT2D eigenvalue weighted by Crippen LogP contribution is -2.60. The van der Waals surface area contributed by atoms with Gasteiger partial charge in [-0.25, -0.2) is 4.79 Å². The highest BCUT2D eigenvalue weighted by Gasteiger charge is 2.40. The number of morpholine rings is 1. The first-order valence-electron chi connectivity index (χ1n) is 7.00. The quantitative estimate of drug-likeness (QED) is 0.805. The van der Waals surface area contributed by atoms with Crippen LogP contribution in [-0.4, -0.2) is 59.7 Å². The summed E-state index contributed by atoms with van der Waals surface area (Å²) < 4.78 is 11.1. The molecule has 21 heavy (non-hydrogen) atoms. The smallest absolute Gasteiger partial charge is 0.410 e. The van der Waals surface area contributed by atoms with Crippen LogP contribution in [0.3, 0.4) is 0 Å². The molecule has 1 unspecified atom stereocenters. The third-order valence-corrected chi connectivity index (χ3v) is 3.29. The Hall–Kier alpha value is -1.01. The molecule has 0 bridgehead atoms. The second kappa shape index (κ2) is 6.83. The van der Waals surface area contributed by atoms with Gasteiger partial charge in [0, 0.05) is 6.54 Å². The van der Waals surface area contributed by atoms with Crippen molar-refractivity contribution in [3.63, 3.8) is 0 Å². The van der Waals surface area contributed by atoms with E-state index in [9.17, 15) is 9.59 Å². The van der Waals surface area contributed by atoms with Gasteiger partial charge < -0.3 is 14.8 Å². The van der Waals surface area contributed by atoms with Crippen molar-refractivity contribution in [2.75, 3.05) is 25.6 Å². The zero-order valence-electron chi connectivity index (χ0n) is 13.4. The lowest BCUT2D eigenvalue weighted by Gasteiger charge is -2.45. The van der Waals surface area contributed by atoms with Crippen molar-refractivity contribution < 1.29 is 19.1 Å². The number of hydrogen-bond acceptors (Lipinski definition) is 4. The average Bonchev–Trinajstić information content (AvgIpc) is 2.34. The molecular formula is C14H25ClN2O4. The monoisotopic (exact) mass is 320 g/mol. The predicted molar refractivity (Wildman–Crippen MR) is 80.5 cm³/mol. The summed E-state index contributed by atoms with van der Waals surface area (Å²) >= 11 is 5.43. The van der Waals surface area contributed by atoms with Gasteiger partial charge in [0.1, 0.15) is 11.5 Å². The topological polar surface area (TPSA) is 67.9 Å². The van der Waals surface area contributed by atoms with Gasteiger partial charge in [-0.1, -0.05) is 0 Å². The van der Waals surface area contributed by atoms with Gasteiger partial charge in [0.15, 0.2) is 0 Å². The highest BCUT2D eigenvalue weighted by molar-refractivity contribution is 6.27. The van der Waals surface area contributed by atoms with Crippen LogP contribution in [0.2, 0.25) is 0 Å². The van der Waals surface area contributed by atoms with Gasteiger partial charge in [0.2, 0.25) is 5.91 Å². The van der Waals surface area contributed by atoms with Gasteiger partial charge in [-0.3, -0.25) is 9.69 Å². The Kier molecular flexibility index (Phi) is 5.87. The molecule has 1 atom stereocenters. The maximum atomic E-state index is 12.3. The lowest BCUT2D eigenvalue weighted by molar-refractivity contribution is -0.121. The van der Waals surface area contributed by atoms with Gasteiger partial charge in [-0.15, -0.1) is 11.6 Å². The molecule has 6 nitrogen and oxygen atoms in total. The van der Waals surface area contributed by atoms with E-state index in [1.54, 1.807) is 4.90 Å². The predicted octanol–water partition coefficient (Wildman–Crippen LogP) is 1.76. The molecule has 0 radical (unpaired) electrons. The normalized spacial score (nSPS) is 21.8. The summed E-state index contributed by atoms with van der Waals surface area (Å²) in [4.78, 5) is 25.1. The molecule has 7 heteroatoms. The fourth-order valence-electron chi connectivity index (χ4n) is 1.94. The van der Waals surface area contributed by atoms with Crippen LogP contribution < -0.4 is 5.32 Å². The number of alkyl halides is 1. The standard InChI is InChI=1S/C14H25ClN2O4/c1-13(2,3)21-12(19)17-8-10(7-16-11(18)6-15)20-9-14(17,4)5/h10H,6-9H2,1-5H3,(H,16,18). The van der Waals surface area contributed by atoms with E-state index in [0.29, 0.717) is 19.7 Å². The minimum Gasteiger partial charge on any atom is -0.444 e. The molecule has 1 heterocycles. The second-order valence-electron chi connectivity index (χ2n) is 6.77. The molecule has 0 aromatic rings. The SMILES string of the molecule is CC(C)(C)OC(=O)N1CC(CNC(=O)CCl)OCC1(C)C. The highest BCUT2D eigenvalue weighted by Crippen LogP contribution is 2.24. The first kappa shape index (κ1) is 18.0. The van der Waals surface area contributed by atoms with Crippen LogP contribution in [0.5, 0.6) is 0 Å². The molecule has 0 spiro atoms. The van der Waals surface area contributed by atoms with E-state index in [1.165, 1.54) is 0 Å². The molecule has 122 valence electrons. The molecule has 2 amide bonds. The van der Waals surface area contributed by atoms with Crippen LogP contribution in [0.15, 0.2) is 0 Å². The summed E-state index contributed by atoms with van der Waals surface area (Å²) in [5.74, 6) is -0.345. The summed E-state index contributed by atoms with van der Waals surface area (Å²) in [6.45, 7) is 10.4. The molecule has 1 aliphatic heterocycles. The summed E-state index contributed by atoms with van der Waals surface area (Å²) in [6, 6.07) is 0. The lowest BCUT2D eigenvalue weighted by atomic mass is 10.0. The van der Waals surface area contributed by atoms with Crippen molar-refractivity contribution in [3.05, 3.63) is 0 Å². The first-order valence-corrected chi connectivity index (χ1v) is 7.53. The van der Waals surface area contributed by atoms with E-state index in [2.05, 4.69) is 5.32 Å². The van der Waals surface area contributed by atoms with Gasteiger partial charge >= 0.3 is 6.09 Å². The Balaban J connectivity index is 2.66. The van der Waals surface area contributed by atoms with E-state index in [0.717, 1.165) is 0 Å². The first-order chi connectivity index (χ1) is 9.55. The number of carbonyl (C=O) groups excluding carboxylic acids is 2. The second-order valence-corrected chi connectivity index (χ2v) is 7.04. The van der Waals surface area contributed by atoms with Crippen molar-refractivity contribution in [2.45, 2.75) is 51.9 Å². The third-order valence-electron chi connectivity index (χ3n) is 3.05. The zero-order valence-corrected chi connectivity index (χ0v) is 14.1. The molecule has 1 saturated heterocycles. The van der Waals surface area contributed by atoms with Gasteiger partial charge in [-0.05, 0) is 34.6 Å². The Morgan fingerprint density at radius 2 is 2.05 bits per heavy atom. The van der Waals surface area contributed by atoms with Crippen LogP contribution in [0, 0.1) is 0 Å². The van der Waals surface area contributed by atoms with E-state index >= 15 is 0 Å². The highest BCUT2D eigenvalue weighted by atomic mass is 35.5. The van der Waals surface area contributed by atoms with Crippen molar-refractivity contribution in [1.82, 2.24) is 10.2 Å². The average molecular weight is 321 g/mol.